The topological polar surface area (TPSA) is 55.1 Å². The van der Waals surface area contributed by atoms with Crippen LogP contribution in [0.15, 0.2) is 59.4 Å². The van der Waals surface area contributed by atoms with E-state index >= 15 is 0 Å². The lowest BCUT2D eigenvalue weighted by Gasteiger charge is -2.14. The average molecular weight is 403 g/mol. The van der Waals surface area contributed by atoms with Crippen molar-refractivity contribution in [2.75, 3.05) is 0 Å². The van der Waals surface area contributed by atoms with Crippen molar-refractivity contribution in [3.05, 3.63) is 81.0 Å². The van der Waals surface area contributed by atoms with E-state index in [0.717, 1.165) is 46.4 Å². The number of fused-ring (bicyclic) bond motifs is 3. The summed E-state index contributed by atoms with van der Waals surface area (Å²) in [6, 6.07) is 17.1. The predicted octanol–water partition coefficient (Wildman–Crippen LogP) is 4.95. The average Bonchev–Trinajstić information content (AvgIpc) is 3.13. The van der Waals surface area contributed by atoms with E-state index in [0.29, 0.717) is 13.0 Å². The van der Waals surface area contributed by atoms with Gasteiger partial charge in [-0.15, -0.1) is 11.3 Å². The first-order chi connectivity index (χ1) is 14.2. The highest BCUT2D eigenvalue weighted by atomic mass is 32.1. The molecule has 0 radical (unpaired) electrons. The first-order valence-electron chi connectivity index (χ1n) is 10.1. The van der Waals surface area contributed by atoms with E-state index in [1.54, 1.807) is 23.5 Å². The number of aromatic nitrogens is 2. The van der Waals surface area contributed by atoms with Crippen LogP contribution in [0, 0.1) is 0 Å². The van der Waals surface area contributed by atoms with Crippen LogP contribution < -0.4 is 5.56 Å². The summed E-state index contributed by atoms with van der Waals surface area (Å²) in [4.78, 5) is 20.8. The molecule has 0 fully saturated rings. The lowest BCUT2D eigenvalue weighted by Crippen LogP contribution is -2.25. The molecule has 2 aromatic heterocycles. The molecule has 1 N–H and O–H groups in total. The Morgan fingerprint density at radius 2 is 1.76 bits per heavy atom. The Morgan fingerprint density at radius 1 is 1.00 bits per heavy atom. The summed E-state index contributed by atoms with van der Waals surface area (Å²) in [6.45, 7) is 0.557. The largest absolute Gasteiger partial charge is 0.508 e. The standard InChI is InChI=1S/C24H22N2O2S/c27-18-12-10-16(11-13-18)14-15-26-22(17-6-2-1-3-7-17)25-23-21(24(26)28)19-8-4-5-9-20(19)29-23/h1-3,6-7,10-13,27H,4-5,8-9,14-15H2. The van der Waals surface area contributed by atoms with E-state index in [9.17, 15) is 9.90 Å². The highest BCUT2D eigenvalue weighted by Crippen LogP contribution is 2.34. The summed E-state index contributed by atoms with van der Waals surface area (Å²) < 4.78 is 1.84. The molecule has 2 aromatic carbocycles. The third kappa shape index (κ3) is 3.36. The summed E-state index contributed by atoms with van der Waals surface area (Å²) >= 11 is 1.70. The molecule has 4 nitrogen and oxygen atoms in total. The number of phenols is 1. The third-order valence-corrected chi connectivity index (χ3v) is 6.85. The molecule has 0 unspecified atom stereocenters. The maximum Gasteiger partial charge on any atom is 0.262 e. The van der Waals surface area contributed by atoms with Crippen molar-refractivity contribution < 1.29 is 5.11 Å². The van der Waals surface area contributed by atoms with Gasteiger partial charge in [-0.2, -0.15) is 0 Å². The van der Waals surface area contributed by atoms with Gasteiger partial charge in [-0.25, -0.2) is 4.98 Å². The van der Waals surface area contributed by atoms with E-state index < -0.39 is 0 Å². The summed E-state index contributed by atoms with van der Waals surface area (Å²) in [7, 11) is 0. The molecule has 0 bridgehead atoms. The molecule has 0 saturated carbocycles. The number of hydrogen-bond acceptors (Lipinski definition) is 4. The molecule has 0 amide bonds. The van der Waals surface area contributed by atoms with Crippen LogP contribution >= 0.6 is 11.3 Å². The molecule has 5 rings (SSSR count). The van der Waals surface area contributed by atoms with Crippen LogP contribution in [0.5, 0.6) is 5.75 Å². The zero-order chi connectivity index (χ0) is 19.8. The van der Waals surface area contributed by atoms with Gasteiger partial charge in [0, 0.05) is 17.0 Å². The van der Waals surface area contributed by atoms with Crippen molar-refractivity contribution in [1.29, 1.82) is 0 Å². The van der Waals surface area contributed by atoms with Crippen LogP contribution in [0.2, 0.25) is 0 Å². The molecule has 0 atom stereocenters. The van der Waals surface area contributed by atoms with E-state index in [2.05, 4.69) is 0 Å². The van der Waals surface area contributed by atoms with Crippen molar-refractivity contribution >= 4 is 21.6 Å². The number of aromatic hydroxyl groups is 1. The maximum atomic E-state index is 13.6. The molecule has 2 heterocycles. The van der Waals surface area contributed by atoms with Crippen LogP contribution in [0.4, 0.5) is 0 Å². The first-order valence-corrected chi connectivity index (χ1v) is 10.9. The van der Waals surface area contributed by atoms with Crippen LogP contribution in [-0.2, 0) is 25.8 Å². The van der Waals surface area contributed by atoms with Crippen molar-refractivity contribution in [3.8, 4) is 17.1 Å². The zero-order valence-corrected chi connectivity index (χ0v) is 16.9. The molecule has 0 spiro atoms. The molecule has 0 saturated heterocycles. The van der Waals surface area contributed by atoms with Crippen LogP contribution in [0.25, 0.3) is 21.6 Å². The van der Waals surface area contributed by atoms with Crippen LogP contribution in [-0.4, -0.2) is 14.7 Å². The predicted molar refractivity (Wildman–Crippen MR) is 118 cm³/mol. The van der Waals surface area contributed by atoms with E-state index in [-0.39, 0.29) is 11.3 Å². The Balaban J connectivity index is 1.65. The van der Waals surface area contributed by atoms with Gasteiger partial charge in [0.05, 0.1) is 5.39 Å². The summed E-state index contributed by atoms with van der Waals surface area (Å²) in [5.74, 6) is 0.990. The molecule has 1 aliphatic rings. The van der Waals surface area contributed by atoms with Gasteiger partial charge >= 0.3 is 0 Å². The SMILES string of the molecule is O=c1c2c3c(sc2nc(-c2ccccc2)n1CCc1ccc(O)cc1)CCCC3. The molecule has 29 heavy (non-hydrogen) atoms. The first kappa shape index (κ1) is 18.1. The number of rotatable bonds is 4. The summed E-state index contributed by atoms with van der Waals surface area (Å²) in [5, 5.41) is 10.4. The monoisotopic (exact) mass is 402 g/mol. The molecule has 0 aliphatic heterocycles. The Kier molecular flexibility index (Phi) is 4.68. The second-order valence-corrected chi connectivity index (χ2v) is 8.65. The third-order valence-electron chi connectivity index (χ3n) is 5.67. The van der Waals surface area contributed by atoms with E-state index in [4.69, 9.17) is 4.98 Å². The highest BCUT2D eigenvalue weighted by molar-refractivity contribution is 7.18. The minimum absolute atomic E-state index is 0.0760. The number of benzene rings is 2. The Bertz CT molecular complexity index is 1220. The van der Waals surface area contributed by atoms with Crippen molar-refractivity contribution in [2.24, 2.45) is 0 Å². The number of thiophene rings is 1. The smallest absolute Gasteiger partial charge is 0.262 e. The van der Waals surface area contributed by atoms with E-state index in [1.807, 2.05) is 47.0 Å². The van der Waals surface area contributed by atoms with Gasteiger partial charge in [-0.3, -0.25) is 9.36 Å². The number of hydrogen-bond donors (Lipinski definition) is 1. The van der Waals surface area contributed by atoms with Gasteiger partial charge in [0.25, 0.3) is 5.56 Å². The summed E-state index contributed by atoms with van der Waals surface area (Å²) in [5.41, 5.74) is 3.35. The van der Waals surface area contributed by atoms with Crippen LogP contribution in [0.3, 0.4) is 0 Å². The summed E-state index contributed by atoms with van der Waals surface area (Å²) in [6.07, 6.45) is 5.09. The normalized spacial score (nSPS) is 13.5. The minimum atomic E-state index is 0.0760. The molecular weight excluding hydrogens is 380 g/mol. The van der Waals surface area contributed by atoms with Gasteiger partial charge in [0.2, 0.25) is 0 Å². The fourth-order valence-corrected chi connectivity index (χ4v) is 5.41. The molecule has 4 aromatic rings. The van der Waals surface area contributed by atoms with Crippen molar-refractivity contribution in [3.63, 3.8) is 0 Å². The van der Waals surface area contributed by atoms with Crippen molar-refractivity contribution in [2.45, 2.75) is 38.6 Å². The second-order valence-electron chi connectivity index (χ2n) is 7.57. The van der Waals surface area contributed by atoms with Crippen LogP contribution in [0.1, 0.15) is 28.8 Å². The Hall–Kier alpha value is -2.92. The molecule has 146 valence electrons. The number of nitrogens with zero attached hydrogens (tertiary/aromatic N) is 2. The molecule has 5 heteroatoms. The second kappa shape index (κ2) is 7.48. The lowest BCUT2D eigenvalue weighted by molar-refractivity contribution is 0.475. The fraction of sp³-hybridized carbons (Fsp3) is 0.250. The Morgan fingerprint density at radius 3 is 2.55 bits per heavy atom. The zero-order valence-electron chi connectivity index (χ0n) is 16.1. The quantitative estimate of drug-likeness (QED) is 0.525. The van der Waals surface area contributed by atoms with Gasteiger partial charge in [-0.1, -0.05) is 42.5 Å². The van der Waals surface area contributed by atoms with Gasteiger partial charge in [-0.05, 0) is 55.4 Å². The molecule has 1 aliphatic carbocycles. The molecular formula is C24H22N2O2S. The number of aryl methyl sites for hydroxylation is 3. The Labute approximate surface area is 173 Å². The van der Waals surface area contributed by atoms with Crippen molar-refractivity contribution in [1.82, 2.24) is 9.55 Å². The highest BCUT2D eigenvalue weighted by Gasteiger charge is 2.22. The fourth-order valence-electron chi connectivity index (χ4n) is 4.16. The maximum absolute atomic E-state index is 13.6. The van der Waals surface area contributed by atoms with Gasteiger partial charge in [0.15, 0.2) is 0 Å². The number of phenolic OH excluding ortho intramolecular Hbond substituents is 1. The van der Waals surface area contributed by atoms with Gasteiger partial charge in [0.1, 0.15) is 16.4 Å². The van der Waals surface area contributed by atoms with E-state index in [1.165, 1.54) is 16.9 Å². The van der Waals surface area contributed by atoms with Gasteiger partial charge < -0.3 is 5.11 Å². The minimum Gasteiger partial charge on any atom is -0.508 e. The lowest BCUT2D eigenvalue weighted by atomic mass is 9.97.